The van der Waals surface area contributed by atoms with Crippen molar-refractivity contribution in [3.8, 4) is 0 Å². The summed E-state index contributed by atoms with van der Waals surface area (Å²) in [5.74, 6) is -3.59. The van der Waals surface area contributed by atoms with Crippen LogP contribution < -0.4 is 38.5 Å². The smallest absolute Gasteiger partial charge is 0.243 e. The van der Waals surface area contributed by atoms with E-state index in [1.807, 2.05) is 6.07 Å². The molecule has 13 nitrogen and oxygen atoms in total. The van der Waals surface area contributed by atoms with E-state index in [0.29, 0.717) is 6.42 Å². The van der Waals surface area contributed by atoms with Crippen molar-refractivity contribution in [2.75, 3.05) is 13.1 Å². The molecule has 0 aromatic heterocycles. The second kappa shape index (κ2) is 12.8. The first kappa shape index (κ1) is 26.1. The van der Waals surface area contributed by atoms with Gasteiger partial charge < -0.3 is 38.5 Å². The van der Waals surface area contributed by atoms with Crippen molar-refractivity contribution in [3.63, 3.8) is 0 Å². The van der Waals surface area contributed by atoms with Gasteiger partial charge in [0, 0.05) is 13.0 Å². The number of carbonyl (C=O) groups is 5. The van der Waals surface area contributed by atoms with Crippen molar-refractivity contribution in [2.45, 2.75) is 43.8 Å². The van der Waals surface area contributed by atoms with Gasteiger partial charge in [0.1, 0.15) is 18.1 Å². The van der Waals surface area contributed by atoms with Gasteiger partial charge >= 0.3 is 0 Å². The van der Waals surface area contributed by atoms with Crippen molar-refractivity contribution < 1.29 is 24.0 Å². The molecular formula is C21H30N8O5. The van der Waals surface area contributed by atoms with Gasteiger partial charge in [-0.25, -0.2) is 0 Å². The number of hydrogen-bond donors (Lipinski definition) is 7. The van der Waals surface area contributed by atoms with E-state index >= 15 is 0 Å². The SMILES string of the molecule is NC(=O)C[C@@H]1NC(=O)CNC(=O)[C@H](Cc2ccccc2)NC(=O)[C@H](CCCN=C(N)N)NC1=O. The lowest BCUT2D eigenvalue weighted by Crippen LogP contribution is -2.60. The molecule has 1 aliphatic rings. The van der Waals surface area contributed by atoms with Gasteiger partial charge in [-0.2, -0.15) is 0 Å². The van der Waals surface area contributed by atoms with Crippen LogP contribution >= 0.6 is 0 Å². The Hall–Kier alpha value is -4.16. The fourth-order valence-electron chi connectivity index (χ4n) is 3.32. The van der Waals surface area contributed by atoms with Gasteiger partial charge in [-0.15, -0.1) is 0 Å². The molecule has 1 aromatic carbocycles. The van der Waals surface area contributed by atoms with Crippen LogP contribution in [0.15, 0.2) is 35.3 Å². The van der Waals surface area contributed by atoms with Crippen LogP contribution in [-0.4, -0.2) is 66.7 Å². The molecule has 0 aliphatic carbocycles. The average molecular weight is 475 g/mol. The monoisotopic (exact) mass is 474 g/mol. The summed E-state index contributed by atoms with van der Waals surface area (Å²) in [4.78, 5) is 66.1. The number of aliphatic imine (C=N–C) groups is 1. The molecule has 13 heteroatoms. The molecule has 1 fully saturated rings. The van der Waals surface area contributed by atoms with Gasteiger partial charge in [0.2, 0.25) is 29.5 Å². The minimum Gasteiger partial charge on any atom is -0.370 e. The van der Waals surface area contributed by atoms with E-state index in [0.717, 1.165) is 5.56 Å². The van der Waals surface area contributed by atoms with Crippen LogP contribution in [-0.2, 0) is 30.4 Å². The van der Waals surface area contributed by atoms with Crippen molar-refractivity contribution >= 4 is 35.5 Å². The minimum atomic E-state index is -1.31. The molecule has 1 saturated heterocycles. The Labute approximate surface area is 196 Å². The lowest BCUT2D eigenvalue weighted by atomic mass is 10.0. The van der Waals surface area contributed by atoms with Crippen molar-refractivity contribution in [2.24, 2.45) is 22.2 Å². The maximum atomic E-state index is 13.1. The molecule has 1 heterocycles. The van der Waals surface area contributed by atoms with Gasteiger partial charge in [0.15, 0.2) is 5.96 Å². The first-order valence-electron chi connectivity index (χ1n) is 10.7. The molecule has 34 heavy (non-hydrogen) atoms. The number of nitrogens with one attached hydrogen (secondary N) is 4. The highest BCUT2D eigenvalue weighted by Gasteiger charge is 2.31. The lowest BCUT2D eigenvalue weighted by molar-refractivity contribution is -0.136. The topological polar surface area (TPSA) is 224 Å². The van der Waals surface area contributed by atoms with Gasteiger partial charge in [-0.1, -0.05) is 30.3 Å². The number of hydrogen-bond acceptors (Lipinski definition) is 6. The number of amides is 5. The van der Waals surface area contributed by atoms with E-state index < -0.39 is 60.6 Å². The summed E-state index contributed by atoms with van der Waals surface area (Å²) in [5.41, 5.74) is 16.6. The van der Waals surface area contributed by atoms with Crippen molar-refractivity contribution in [1.29, 1.82) is 0 Å². The van der Waals surface area contributed by atoms with Crippen LogP contribution in [0.3, 0.4) is 0 Å². The quantitative estimate of drug-likeness (QED) is 0.116. The highest BCUT2D eigenvalue weighted by molar-refractivity contribution is 5.97. The van der Waals surface area contributed by atoms with E-state index in [9.17, 15) is 24.0 Å². The number of benzene rings is 1. The predicted molar refractivity (Wildman–Crippen MR) is 123 cm³/mol. The number of carbonyl (C=O) groups excluding carboxylic acids is 5. The second-order valence-electron chi connectivity index (χ2n) is 7.77. The molecule has 5 amide bonds. The summed E-state index contributed by atoms with van der Waals surface area (Å²) in [5, 5.41) is 10.00. The molecule has 3 atom stereocenters. The summed E-state index contributed by atoms with van der Waals surface area (Å²) in [6.07, 6.45) is 0.146. The highest BCUT2D eigenvalue weighted by atomic mass is 16.2. The van der Waals surface area contributed by atoms with Gasteiger partial charge in [-0.3, -0.25) is 29.0 Å². The number of guanidine groups is 1. The zero-order valence-corrected chi connectivity index (χ0v) is 18.6. The molecule has 184 valence electrons. The van der Waals surface area contributed by atoms with Gasteiger partial charge in [0.25, 0.3) is 0 Å². The number of nitrogens with two attached hydrogens (primary N) is 3. The zero-order valence-electron chi connectivity index (χ0n) is 18.6. The van der Waals surface area contributed by atoms with Crippen LogP contribution in [0.4, 0.5) is 0 Å². The van der Waals surface area contributed by atoms with Gasteiger partial charge in [0.05, 0.1) is 13.0 Å². The average Bonchev–Trinajstić information content (AvgIpc) is 2.78. The van der Waals surface area contributed by atoms with Crippen LogP contribution in [0.1, 0.15) is 24.8 Å². The maximum Gasteiger partial charge on any atom is 0.243 e. The third kappa shape index (κ3) is 8.76. The molecule has 0 saturated carbocycles. The number of nitrogens with zero attached hydrogens (tertiary/aromatic N) is 1. The lowest BCUT2D eigenvalue weighted by Gasteiger charge is -2.26. The third-order valence-electron chi connectivity index (χ3n) is 4.97. The van der Waals surface area contributed by atoms with E-state index in [1.165, 1.54) is 0 Å². The standard InChI is InChI=1S/C21H30N8O5/c22-16(30)10-15-20(34)28-13(7-4-8-25-21(23)24)19(33)29-14(9-12-5-2-1-3-6-12)18(32)26-11-17(31)27-15/h1-3,5-6,13-15H,4,7-11H2,(H2,22,30)(H,26,32)(H,27,31)(H,28,34)(H,29,33)(H4,23,24,25)/t13-,14-,15-/m0/s1. The van der Waals surface area contributed by atoms with E-state index in [2.05, 4.69) is 26.3 Å². The predicted octanol–water partition coefficient (Wildman–Crippen LogP) is -3.26. The summed E-state index contributed by atoms with van der Waals surface area (Å²) in [7, 11) is 0. The Kier molecular flexibility index (Phi) is 9.80. The first-order chi connectivity index (χ1) is 16.2. The van der Waals surface area contributed by atoms with Crippen LogP contribution in [0.25, 0.3) is 0 Å². The summed E-state index contributed by atoms with van der Waals surface area (Å²) >= 11 is 0. The fourth-order valence-corrected chi connectivity index (χ4v) is 3.32. The maximum absolute atomic E-state index is 13.1. The Morgan fingerprint density at radius 2 is 1.53 bits per heavy atom. The second-order valence-corrected chi connectivity index (χ2v) is 7.77. The number of primary amides is 1. The Balaban J connectivity index is 2.27. The molecule has 2 rings (SSSR count). The molecule has 0 spiro atoms. The fraction of sp³-hybridized carbons (Fsp3) is 0.429. The Morgan fingerprint density at radius 3 is 2.18 bits per heavy atom. The Bertz CT molecular complexity index is 932. The third-order valence-corrected chi connectivity index (χ3v) is 4.97. The van der Waals surface area contributed by atoms with Crippen molar-refractivity contribution in [1.82, 2.24) is 21.3 Å². The largest absolute Gasteiger partial charge is 0.370 e. The van der Waals surface area contributed by atoms with Crippen LogP contribution in [0, 0.1) is 0 Å². The summed E-state index contributed by atoms with van der Waals surface area (Å²) in [6, 6.07) is 5.61. The number of rotatable bonds is 8. The molecule has 1 aromatic rings. The summed E-state index contributed by atoms with van der Waals surface area (Å²) in [6.45, 7) is -0.248. The molecule has 0 radical (unpaired) electrons. The van der Waals surface area contributed by atoms with Gasteiger partial charge in [-0.05, 0) is 18.4 Å². The van der Waals surface area contributed by atoms with E-state index in [1.54, 1.807) is 24.3 Å². The normalized spacial score (nSPS) is 21.6. The summed E-state index contributed by atoms with van der Waals surface area (Å²) < 4.78 is 0. The molecule has 10 N–H and O–H groups in total. The minimum absolute atomic E-state index is 0.115. The van der Waals surface area contributed by atoms with E-state index in [4.69, 9.17) is 17.2 Å². The molecule has 0 bridgehead atoms. The Morgan fingerprint density at radius 1 is 0.882 bits per heavy atom. The zero-order chi connectivity index (χ0) is 25.1. The van der Waals surface area contributed by atoms with E-state index in [-0.39, 0.29) is 25.3 Å². The molecule has 0 unspecified atom stereocenters. The highest BCUT2D eigenvalue weighted by Crippen LogP contribution is 2.07. The molecule has 1 aliphatic heterocycles. The van der Waals surface area contributed by atoms with Crippen molar-refractivity contribution in [3.05, 3.63) is 35.9 Å². The van der Waals surface area contributed by atoms with Crippen LogP contribution in [0.2, 0.25) is 0 Å². The molecular weight excluding hydrogens is 444 g/mol. The van der Waals surface area contributed by atoms with Crippen LogP contribution in [0.5, 0.6) is 0 Å². The first-order valence-corrected chi connectivity index (χ1v) is 10.7.